The molecule has 0 aromatic rings. The van der Waals surface area contributed by atoms with Crippen LogP contribution < -0.4 is 5.73 Å². The Labute approximate surface area is 110 Å². The van der Waals surface area contributed by atoms with Crippen LogP contribution in [0.3, 0.4) is 0 Å². The highest BCUT2D eigenvalue weighted by molar-refractivity contribution is 5.68. The van der Waals surface area contributed by atoms with E-state index in [1.165, 1.54) is 12.8 Å². The van der Waals surface area contributed by atoms with Gasteiger partial charge in [0.1, 0.15) is 5.60 Å². The summed E-state index contributed by atoms with van der Waals surface area (Å²) in [6.07, 6.45) is 4.58. The molecule has 1 amide bonds. The van der Waals surface area contributed by atoms with Crippen LogP contribution in [0.2, 0.25) is 0 Å². The average molecular weight is 254 g/mol. The molecule has 0 bridgehead atoms. The molecule has 2 rings (SSSR count). The predicted molar refractivity (Wildman–Crippen MR) is 71.3 cm³/mol. The first-order chi connectivity index (χ1) is 8.34. The van der Waals surface area contributed by atoms with Gasteiger partial charge in [-0.3, -0.25) is 0 Å². The third-order valence-electron chi connectivity index (χ3n) is 4.25. The van der Waals surface area contributed by atoms with Crippen molar-refractivity contribution in [3.63, 3.8) is 0 Å². The van der Waals surface area contributed by atoms with E-state index in [9.17, 15) is 4.79 Å². The number of rotatable bonds is 1. The maximum Gasteiger partial charge on any atom is 0.410 e. The fraction of sp³-hybridized carbons (Fsp3) is 0.929. The Morgan fingerprint density at radius 1 is 1.33 bits per heavy atom. The van der Waals surface area contributed by atoms with Gasteiger partial charge in [0.05, 0.1) is 0 Å². The molecule has 2 N–H and O–H groups in total. The van der Waals surface area contributed by atoms with Crippen molar-refractivity contribution in [2.24, 2.45) is 17.1 Å². The Balaban J connectivity index is 1.79. The summed E-state index contributed by atoms with van der Waals surface area (Å²) in [5.74, 6) is 0.720. The summed E-state index contributed by atoms with van der Waals surface area (Å²) in [7, 11) is 0. The fourth-order valence-electron chi connectivity index (χ4n) is 3.23. The number of piperidine rings is 1. The largest absolute Gasteiger partial charge is 0.444 e. The van der Waals surface area contributed by atoms with Gasteiger partial charge in [0.25, 0.3) is 0 Å². The van der Waals surface area contributed by atoms with Crippen LogP contribution in [0.4, 0.5) is 4.79 Å². The fourth-order valence-corrected chi connectivity index (χ4v) is 3.23. The Kier molecular flexibility index (Phi) is 3.58. The molecule has 18 heavy (non-hydrogen) atoms. The zero-order chi connectivity index (χ0) is 13.4. The van der Waals surface area contributed by atoms with Crippen LogP contribution in [0, 0.1) is 11.3 Å². The summed E-state index contributed by atoms with van der Waals surface area (Å²) in [4.78, 5) is 13.8. The second kappa shape index (κ2) is 4.72. The van der Waals surface area contributed by atoms with Crippen LogP contribution in [-0.4, -0.2) is 36.2 Å². The second-order valence-corrected chi connectivity index (χ2v) is 6.98. The summed E-state index contributed by atoms with van der Waals surface area (Å²) >= 11 is 0. The molecule has 1 saturated carbocycles. The highest BCUT2D eigenvalue weighted by atomic mass is 16.6. The molecule has 104 valence electrons. The van der Waals surface area contributed by atoms with E-state index in [1.54, 1.807) is 0 Å². The molecule has 0 aromatic heterocycles. The topological polar surface area (TPSA) is 55.6 Å². The van der Waals surface area contributed by atoms with Crippen LogP contribution >= 0.6 is 0 Å². The van der Waals surface area contributed by atoms with Gasteiger partial charge < -0.3 is 15.4 Å². The molecule has 1 aliphatic carbocycles. The first-order valence-corrected chi connectivity index (χ1v) is 7.02. The van der Waals surface area contributed by atoms with Crippen LogP contribution in [0.15, 0.2) is 0 Å². The number of likely N-dealkylation sites (tertiary alicyclic amines) is 1. The third kappa shape index (κ3) is 2.97. The minimum absolute atomic E-state index is 0.160. The van der Waals surface area contributed by atoms with Gasteiger partial charge in [-0.05, 0) is 64.3 Å². The highest BCUT2D eigenvalue weighted by Crippen LogP contribution is 2.52. The van der Waals surface area contributed by atoms with E-state index in [0.29, 0.717) is 5.41 Å². The van der Waals surface area contributed by atoms with Crippen molar-refractivity contribution < 1.29 is 9.53 Å². The smallest absolute Gasteiger partial charge is 0.410 e. The third-order valence-corrected chi connectivity index (χ3v) is 4.25. The van der Waals surface area contributed by atoms with Crippen LogP contribution in [-0.2, 0) is 4.74 Å². The summed E-state index contributed by atoms with van der Waals surface area (Å²) in [5.41, 5.74) is 5.78. The van der Waals surface area contributed by atoms with E-state index in [2.05, 4.69) is 0 Å². The lowest BCUT2D eigenvalue weighted by molar-refractivity contribution is -0.0250. The minimum atomic E-state index is -0.396. The lowest BCUT2D eigenvalue weighted by atomic mass is 9.57. The molecule has 1 aliphatic heterocycles. The van der Waals surface area contributed by atoms with Crippen LogP contribution in [0.5, 0.6) is 0 Å². The molecule has 0 aromatic carbocycles. The van der Waals surface area contributed by atoms with Gasteiger partial charge in [-0.15, -0.1) is 0 Å². The zero-order valence-electron chi connectivity index (χ0n) is 11.9. The normalized spacial score (nSPS) is 23.9. The van der Waals surface area contributed by atoms with Crippen LogP contribution in [0.25, 0.3) is 0 Å². The number of carbonyl (C=O) groups is 1. The van der Waals surface area contributed by atoms with Crippen molar-refractivity contribution in [3.05, 3.63) is 0 Å². The van der Waals surface area contributed by atoms with Gasteiger partial charge in [0.15, 0.2) is 0 Å². The van der Waals surface area contributed by atoms with Gasteiger partial charge in [-0.2, -0.15) is 0 Å². The van der Waals surface area contributed by atoms with Gasteiger partial charge >= 0.3 is 6.09 Å². The van der Waals surface area contributed by atoms with Gasteiger partial charge in [0, 0.05) is 13.1 Å². The molecule has 1 spiro atoms. The number of hydrogen-bond acceptors (Lipinski definition) is 3. The van der Waals surface area contributed by atoms with E-state index in [4.69, 9.17) is 10.5 Å². The van der Waals surface area contributed by atoms with Gasteiger partial charge in [-0.25, -0.2) is 4.79 Å². The summed E-state index contributed by atoms with van der Waals surface area (Å²) in [5, 5.41) is 0. The molecule has 1 heterocycles. The Hall–Kier alpha value is -0.770. The molecule has 0 radical (unpaired) electrons. The molecule has 2 aliphatic rings. The number of nitrogens with zero attached hydrogens (tertiary/aromatic N) is 1. The number of nitrogens with two attached hydrogens (primary N) is 1. The van der Waals surface area contributed by atoms with E-state index < -0.39 is 5.60 Å². The van der Waals surface area contributed by atoms with Crippen molar-refractivity contribution in [1.29, 1.82) is 0 Å². The summed E-state index contributed by atoms with van der Waals surface area (Å²) in [6, 6.07) is 0. The van der Waals surface area contributed by atoms with Crippen molar-refractivity contribution in [1.82, 2.24) is 4.90 Å². The van der Waals surface area contributed by atoms with Crippen molar-refractivity contribution in [2.45, 2.75) is 52.1 Å². The molecule has 0 atom stereocenters. The number of amides is 1. The van der Waals surface area contributed by atoms with E-state index in [1.807, 2.05) is 25.7 Å². The SMILES string of the molecule is CC(C)(C)OC(=O)N1CCC2(CC1)CC(CN)C2. The number of carbonyl (C=O) groups excluding carboxylic acids is 1. The Morgan fingerprint density at radius 3 is 2.33 bits per heavy atom. The first kappa shape index (κ1) is 13.7. The average Bonchev–Trinajstić information content (AvgIpc) is 2.23. The van der Waals surface area contributed by atoms with Crippen molar-refractivity contribution in [3.8, 4) is 0 Å². The number of hydrogen-bond donors (Lipinski definition) is 1. The second-order valence-electron chi connectivity index (χ2n) is 6.98. The summed E-state index contributed by atoms with van der Waals surface area (Å²) < 4.78 is 5.41. The quantitative estimate of drug-likeness (QED) is 0.781. The van der Waals surface area contributed by atoms with Gasteiger partial charge in [-0.1, -0.05) is 0 Å². The lowest BCUT2D eigenvalue weighted by Crippen LogP contribution is -2.50. The van der Waals surface area contributed by atoms with Crippen molar-refractivity contribution >= 4 is 6.09 Å². The minimum Gasteiger partial charge on any atom is -0.444 e. The lowest BCUT2D eigenvalue weighted by Gasteiger charge is -2.52. The van der Waals surface area contributed by atoms with Gasteiger partial charge in [0.2, 0.25) is 0 Å². The van der Waals surface area contributed by atoms with E-state index in [0.717, 1.165) is 38.4 Å². The molecule has 0 unspecified atom stereocenters. The van der Waals surface area contributed by atoms with Crippen LogP contribution in [0.1, 0.15) is 46.5 Å². The molecular formula is C14H26N2O2. The molecule has 2 fully saturated rings. The van der Waals surface area contributed by atoms with Crippen molar-refractivity contribution in [2.75, 3.05) is 19.6 Å². The zero-order valence-corrected chi connectivity index (χ0v) is 11.9. The summed E-state index contributed by atoms with van der Waals surface area (Å²) in [6.45, 7) is 8.23. The molecule has 4 nitrogen and oxygen atoms in total. The Bertz CT molecular complexity index is 306. The maximum absolute atomic E-state index is 11.9. The molecular weight excluding hydrogens is 228 g/mol. The standard InChI is InChI=1S/C14H26N2O2/c1-13(2,3)18-12(17)16-6-4-14(5-7-16)8-11(9-14)10-15/h11H,4-10,15H2,1-3H3. The predicted octanol–water partition coefficient (Wildman–Crippen LogP) is 2.37. The highest BCUT2D eigenvalue weighted by Gasteiger charge is 2.45. The monoisotopic (exact) mass is 254 g/mol. The molecule has 4 heteroatoms. The molecule has 1 saturated heterocycles. The number of ether oxygens (including phenoxy) is 1. The Morgan fingerprint density at radius 2 is 1.89 bits per heavy atom. The maximum atomic E-state index is 11.9. The first-order valence-electron chi connectivity index (χ1n) is 7.02. The van der Waals surface area contributed by atoms with E-state index in [-0.39, 0.29) is 6.09 Å². The van der Waals surface area contributed by atoms with E-state index >= 15 is 0 Å².